The lowest BCUT2D eigenvalue weighted by Crippen LogP contribution is -2.28. The molecule has 1 atom stereocenters. The van der Waals surface area contributed by atoms with Gasteiger partial charge in [0.2, 0.25) is 0 Å². The molecule has 0 amide bonds. The SMILES string of the molecule is COc1ccccc1-c1cccc([C@@H]2CCCNC2)n1. The van der Waals surface area contributed by atoms with Crippen molar-refractivity contribution in [3.8, 4) is 17.0 Å². The van der Waals surface area contributed by atoms with Crippen LogP contribution in [-0.2, 0) is 0 Å². The summed E-state index contributed by atoms with van der Waals surface area (Å²) in [6.45, 7) is 2.16. The Hall–Kier alpha value is -1.87. The molecule has 1 aromatic carbocycles. The zero-order valence-corrected chi connectivity index (χ0v) is 11.8. The Morgan fingerprint density at radius 1 is 1.15 bits per heavy atom. The number of piperidine rings is 1. The molecule has 1 saturated heterocycles. The van der Waals surface area contributed by atoms with Crippen LogP contribution in [0.2, 0.25) is 0 Å². The number of nitrogens with zero attached hydrogens (tertiary/aromatic N) is 1. The van der Waals surface area contributed by atoms with Gasteiger partial charge in [-0.3, -0.25) is 4.98 Å². The van der Waals surface area contributed by atoms with Crippen LogP contribution >= 0.6 is 0 Å². The van der Waals surface area contributed by atoms with Gasteiger partial charge in [-0.15, -0.1) is 0 Å². The summed E-state index contributed by atoms with van der Waals surface area (Å²) < 4.78 is 5.43. The van der Waals surface area contributed by atoms with E-state index in [9.17, 15) is 0 Å². The fourth-order valence-electron chi connectivity index (χ4n) is 2.79. The van der Waals surface area contributed by atoms with Gasteiger partial charge in [-0.1, -0.05) is 18.2 Å². The summed E-state index contributed by atoms with van der Waals surface area (Å²) in [5.74, 6) is 1.40. The lowest BCUT2D eigenvalue weighted by Gasteiger charge is -2.22. The first kappa shape index (κ1) is 13.1. The summed E-state index contributed by atoms with van der Waals surface area (Å²) in [5, 5.41) is 3.45. The van der Waals surface area contributed by atoms with Gasteiger partial charge in [0.1, 0.15) is 5.75 Å². The van der Waals surface area contributed by atoms with E-state index in [0.717, 1.165) is 30.1 Å². The van der Waals surface area contributed by atoms with E-state index in [1.807, 2.05) is 18.2 Å². The monoisotopic (exact) mass is 268 g/mol. The van der Waals surface area contributed by atoms with Gasteiger partial charge in [-0.05, 0) is 43.7 Å². The Morgan fingerprint density at radius 3 is 2.85 bits per heavy atom. The van der Waals surface area contributed by atoms with Gasteiger partial charge in [-0.2, -0.15) is 0 Å². The minimum atomic E-state index is 0.526. The number of pyridine rings is 1. The molecule has 0 aliphatic carbocycles. The second kappa shape index (κ2) is 6.06. The largest absolute Gasteiger partial charge is 0.496 e. The summed E-state index contributed by atoms with van der Waals surface area (Å²) in [6.07, 6.45) is 2.45. The summed E-state index contributed by atoms with van der Waals surface area (Å²) in [6, 6.07) is 14.3. The van der Waals surface area contributed by atoms with Crippen molar-refractivity contribution >= 4 is 0 Å². The second-order valence-electron chi connectivity index (χ2n) is 5.19. The highest BCUT2D eigenvalue weighted by molar-refractivity contribution is 5.67. The van der Waals surface area contributed by atoms with Crippen molar-refractivity contribution in [1.29, 1.82) is 0 Å². The van der Waals surface area contributed by atoms with Crippen LogP contribution in [0, 0.1) is 0 Å². The normalized spacial score (nSPS) is 18.8. The van der Waals surface area contributed by atoms with Crippen LogP contribution in [0.5, 0.6) is 5.75 Å². The van der Waals surface area contributed by atoms with Gasteiger partial charge in [0, 0.05) is 23.7 Å². The van der Waals surface area contributed by atoms with Gasteiger partial charge in [0.05, 0.1) is 12.8 Å². The van der Waals surface area contributed by atoms with Crippen LogP contribution in [0.4, 0.5) is 0 Å². The van der Waals surface area contributed by atoms with Crippen LogP contribution in [0.15, 0.2) is 42.5 Å². The molecule has 0 bridgehead atoms. The molecule has 1 N–H and O–H groups in total. The van der Waals surface area contributed by atoms with E-state index < -0.39 is 0 Å². The molecule has 1 aliphatic heterocycles. The van der Waals surface area contributed by atoms with Crippen molar-refractivity contribution in [3.05, 3.63) is 48.2 Å². The van der Waals surface area contributed by atoms with Crippen molar-refractivity contribution in [2.75, 3.05) is 20.2 Å². The zero-order chi connectivity index (χ0) is 13.8. The molecule has 0 saturated carbocycles. The fraction of sp³-hybridized carbons (Fsp3) is 0.353. The number of para-hydroxylation sites is 1. The zero-order valence-electron chi connectivity index (χ0n) is 11.8. The van der Waals surface area contributed by atoms with Crippen LogP contribution < -0.4 is 10.1 Å². The molecule has 104 valence electrons. The molecule has 20 heavy (non-hydrogen) atoms. The van der Waals surface area contributed by atoms with Crippen molar-refractivity contribution in [3.63, 3.8) is 0 Å². The summed E-state index contributed by atoms with van der Waals surface area (Å²) in [7, 11) is 1.70. The Kier molecular flexibility index (Phi) is 3.97. The third-order valence-corrected chi connectivity index (χ3v) is 3.87. The smallest absolute Gasteiger partial charge is 0.128 e. The maximum atomic E-state index is 5.43. The van der Waals surface area contributed by atoms with E-state index in [1.165, 1.54) is 18.5 Å². The number of hydrogen-bond acceptors (Lipinski definition) is 3. The predicted molar refractivity (Wildman–Crippen MR) is 81.1 cm³/mol. The topological polar surface area (TPSA) is 34.1 Å². The minimum absolute atomic E-state index is 0.526. The number of rotatable bonds is 3. The number of aromatic nitrogens is 1. The average molecular weight is 268 g/mol. The average Bonchev–Trinajstić information content (AvgIpc) is 2.56. The molecule has 1 aromatic heterocycles. The third-order valence-electron chi connectivity index (χ3n) is 3.87. The molecule has 0 unspecified atom stereocenters. The molecular formula is C17H20N2O. The van der Waals surface area contributed by atoms with Gasteiger partial charge in [-0.25, -0.2) is 0 Å². The van der Waals surface area contributed by atoms with E-state index in [-0.39, 0.29) is 0 Å². The van der Waals surface area contributed by atoms with Gasteiger partial charge in [0.15, 0.2) is 0 Å². The first-order chi connectivity index (χ1) is 9.88. The highest BCUT2D eigenvalue weighted by Gasteiger charge is 2.17. The van der Waals surface area contributed by atoms with E-state index in [1.54, 1.807) is 7.11 Å². The van der Waals surface area contributed by atoms with E-state index in [4.69, 9.17) is 9.72 Å². The van der Waals surface area contributed by atoms with Crippen molar-refractivity contribution in [2.45, 2.75) is 18.8 Å². The van der Waals surface area contributed by atoms with Crippen molar-refractivity contribution in [2.24, 2.45) is 0 Å². The summed E-state index contributed by atoms with van der Waals surface area (Å²) >= 11 is 0. The Morgan fingerprint density at radius 2 is 2.05 bits per heavy atom. The molecule has 0 radical (unpaired) electrons. The molecule has 1 fully saturated rings. The molecule has 2 aromatic rings. The molecule has 3 rings (SSSR count). The maximum Gasteiger partial charge on any atom is 0.128 e. The Labute approximate surface area is 120 Å². The third kappa shape index (κ3) is 2.68. The van der Waals surface area contributed by atoms with Crippen LogP contribution in [-0.4, -0.2) is 25.2 Å². The van der Waals surface area contributed by atoms with Crippen molar-refractivity contribution in [1.82, 2.24) is 10.3 Å². The van der Waals surface area contributed by atoms with Crippen LogP contribution in [0.1, 0.15) is 24.5 Å². The van der Waals surface area contributed by atoms with E-state index in [0.29, 0.717) is 5.92 Å². The number of ether oxygens (including phenoxy) is 1. The van der Waals surface area contributed by atoms with Crippen LogP contribution in [0.3, 0.4) is 0 Å². The highest BCUT2D eigenvalue weighted by Crippen LogP contribution is 2.30. The summed E-state index contributed by atoms with van der Waals surface area (Å²) in [4.78, 5) is 4.86. The van der Waals surface area contributed by atoms with Gasteiger partial charge in [0.25, 0.3) is 0 Å². The molecule has 0 spiro atoms. The Balaban J connectivity index is 1.94. The summed E-state index contributed by atoms with van der Waals surface area (Å²) in [5.41, 5.74) is 3.23. The first-order valence-electron chi connectivity index (χ1n) is 7.19. The number of benzene rings is 1. The molecule has 3 heteroatoms. The van der Waals surface area contributed by atoms with Crippen molar-refractivity contribution < 1.29 is 4.74 Å². The lowest BCUT2D eigenvalue weighted by atomic mass is 9.95. The molecule has 3 nitrogen and oxygen atoms in total. The molecule has 2 heterocycles. The van der Waals surface area contributed by atoms with Gasteiger partial charge < -0.3 is 10.1 Å². The number of hydrogen-bond donors (Lipinski definition) is 1. The maximum absolute atomic E-state index is 5.43. The quantitative estimate of drug-likeness (QED) is 0.928. The second-order valence-corrected chi connectivity index (χ2v) is 5.19. The lowest BCUT2D eigenvalue weighted by molar-refractivity contribution is 0.416. The molecule has 1 aliphatic rings. The fourth-order valence-corrected chi connectivity index (χ4v) is 2.79. The van der Waals surface area contributed by atoms with E-state index in [2.05, 4.69) is 29.6 Å². The standard InChI is InChI=1S/C17H20N2O/c1-20-17-10-3-2-7-14(17)16-9-4-8-15(19-16)13-6-5-11-18-12-13/h2-4,7-10,13,18H,5-6,11-12H2,1H3/t13-/m1/s1. The predicted octanol–water partition coefficient (Wildman–Crippen LogP) is 3.22. The number of nitrogens with one attached hydrogen (secondary N) is 1. The Bertz CT molecular complexity index is 577. The minimum Gasteiger partial charge on any atom is -0.496 e. The first-order valence-corrected chi connectivity index (χ1v) is 7.19. The molecular weight excluding hydrogens is 248 g/mol. The van der Waals surface area contributed by atoms with Crippen LogP contribution in [0.25, 0.3) is 11.3 Å². The number of methoxy groups -OCH3 is 1. The van der Waals surface area contributed by atoms with E-state index >= 15 is 0 Å². The van der Waals surface area contributed by atoms with Gasteiger partial charge >= 0.3 is 0 Å². The highest BCUT2D eigenvalue weighted by atomic mass is 16.5.